The van der Waals surface area contributed by atoms with Crippen molar-refractivity contribution in [1.82, 2.24) is 10.0 Å². The highest BCUT2D eigenvalue weighted by Gasteiger charge is 2.41. The Balaban J connectivity index is 2.28. The van der Waals surface area contributed by atoms with Gasteiger partial charge in [-0.15, -0.1) is 0 Å². The molecule has 2 unspecified atom stereocenters. The minimum absolute atomic E-state index is 0.164. The molecule has 0 spiro atoms. The van der Waals surface area contributed by atoms with Crippen LogP contribution in [0.3, 0.4) is 0 Å². The first-order valence-corrected chi connectivity index (χ1v) is 7.56. The summed E-state index contributed by atoms with van der Waals surface area (Å²) < 4.78 is 39.1. The van der Waals surface area contributed by atoms with Crippen LogP contribution >= 0.6 is 11.6 Å². The van der Waals surface area contributed by atoms with E-state index >= 15 is 0 Å². The van der Waals surface area contributed by atoms with Gasteiger partial charge >= 0.3 is 0 Å². The monoisotopic (exact) mass is 336 g/mol. The van der Waals surface area contributed by atoms with Crippen molar-refractivity contribution in [2.24, 2.45) is 5.92 Å². The van der Waals surface area contributed by atoms with Crippen LogP contribution in [0, 0.1) is 11.7 Å². The number of benzene rings is 1. The van der Waals surface area contributed by atoms with Crippen molar-refractivity contribution in [3.63, 3.8) is 0 Å². The van der Waals surface area contributed by atoms with Gasteiger partial charge in [0.1, 0.15) is 10.8 Å². The summed E-state index contributed by atoms with van der Waals surface area (Å²) in [6, 6.07) is 3.26. The minimum Gasteiger partial charge on any atom is -0.390 e. The Kier molecular flexibility index (Phi) is 4.17. The maximum atomic E-state index is 13.7. The van der Waals surface area contributed by atoms with Crippen molar-refractivity contribution in [2.45, 2.75) is 11.0 Å². The largest absolute Gasteiger partial charge is 0.390 e. The zero-order valence-corrected chi connectivity index (χ0v) is 11.9. The van der Waals surface area contributed by atoms with E-state index in [4.69, 9.17) is 11.6 Å². The summed E-state index contributed by atoms with van der Waals surface area (Å²) in [4.78, 5) is 22.3. The van der Waals surface area contributed by atoms with E-state index in [1.807, 2.05) is 0 Å². The third-order valence-electron chi connectivity index (χ3n) is 2.88. The molecule has 7 nitrogen and oxygen atoms in total. The number of hydrogen-bond acceptors (Lipinski definition) is 5. The number of sulfonamides is 1. The Hall–Kier alpha value is -1.71. The van der Waals surface area contributed by atoms with E-state index in [0.717, 1.165) is 12.1 Å². The van der Waals surface area contributed by atoms with E-state index in [0.29, 0.717) is 0 Å². The fourth-order valence-electron chi connectivity index (χ4n) is 1.84. The lowest BCUT2D eigenvalue weighted by atomic mass is 10.1. The van der Waals surface area contributed by atoms with Gasteiger partial charge in [0, 0.05) is 6.54 Å². The van der Waals surface area contributed by atoms with Crippen molar-refractivity contribution >= 4 is 33.4 Å². The van der Waals surface area contributed by atoms with Crippen molar-refractivity contribution < 1.29 is 27.5 Å². The third-order valence-corrected chi connectivity index (χ3v) is 4.53. The highest BCUT2D eigenvalue weighted by Crippen LogP contribution is 2.22. The molecule has 10 heteroatoms. The molecule has 1 aromatic rings. The lowest BCUT2D eigenvalue weighted by molar-refractivity contribution is -0.134. The molecular weight excluding hydrogens is 327 g/mol. The maximum absolute atomic E-state index is 13.7. The molecule has 2 atom stereocenters. The second kappa shape index (κ2) is 5.58. The number of rotatable bonds is 3. The third kappa shape index (κ3) is 2.99. The lowest BCUT2D eigenvalue weighted by Crippen LogP contribution is -2.42. The number of β-amino-alcohol motifs (C(OH)–C–C–N with tert-alkyl or cyclic N) is 1. The Morgan fingerprint density at radius 1 is 1.48 bits per heavy atom. The summed E-state index contributed by atoms with van der Waals surface area (Å²) in [6.45, 7) is -0.164. The Morgan fingerprint density at radius 2 is 2.14 bits per heavy atom. The first kappa shape index (κ1) is 15.7. The molecule has 1 saturated heterocycles. The quantitative estimate of drug-likeness (QED) is 0.637. The molecule has 1 heterocycles. The predicted octanol–water partition coefficient (Wildman–Crippen LogP) is -0.609. The van der Waals surface area contributed by atoms with Gasteiger partial charge in [0.15, 0.2) is 5.82 Å². The molecule has 21 heavy (non-hydrogen) atoms. The summed E-state index contributed by atoms with van der Waals surface area (Å²) in [7, 11) is -4.55. The second-order valence-corrected chi connectivity index (χ2v) is 6.37. The molecule has 2 amide bonds. The number of nitrogens with one attached hydrogen (secondary N) is 2. The average Bonchev–Trinajstić information content (AvgIpc) is 2.71. The van der Waals surface area contributed by atoms with E-state index < -0.39 is 49.6 Å². The molecule has 0 saturated carbocycles. The van der Waals surface area contributed by atoms with Gasteiger partial charge in [-0.25, -0.2) is 17.5 Å². The van der Waals surface area contributed by atoms with E-state index in [1.54, 1.807) is 4.72 Å². The van der Waals surface area contributed by atoms with Crippen LogP contribution in [0.4, 0.5) is 4.39 Å². The van der Waals surface area contributed by atoms with Crippen LogP contribution in [-0.4, -0.2) is 38.0 Å². The minimum atomic E-state index is -4.55. The fourth-order valence-corrected chi connectivity index (χ4v) is 3.18. The van der Waals surface area contributed by atoms with Gasteiger partial charge in [-0.3, -0.25) is 9.59 Å². The van der Waals surface area contributed by atoms with Gasteiger partial charge < -0.3 is 10.4 Å². The van der Waals surface area contributed by atoms with Gasteiger partial charge in [-0.2, -0.15) is 0 Å². The van der Waals surface area contributed by atoms with E-state index in [-0.39, 0.29) is 6.54 Å². The van der Waals surface area contributed by atoms with Gasteiger partial charge in [0.2, 0.25) is 11.8 Å². The molecule has 0 bridgehead atoms. The van der Waals surface area contributed by atoms with Crippen molar-refractivity contribution in [3.8, 4) is 0 Å². The van der Waals surface area contributed by atoms with E-state index in [9.17, 15) is 27.5 Å². The number of aliphatic hydroxyl groups excluding tert-OH is 1. The highest BCUT2D eigenvalue weighted by molar-refractivity contribution is 7.90. The normalized spacial score (nSPS) is 22.0. The summed E-state index contributed by atoms with van der Waals surface area (Å²) in [6.07, 6.45) is -1.35. The van der Waals surface area contributed by atoms with Crippen molar-refractivity contribution in [1.29, 1.82) is 0 Å². The lowest BCUT2D eigenvalue weighted by Gasteiger charge is -2.13. The molecule has 0 aromatic heterocycles. The SMILES string of the molecule is O=C1NCC(O)C1C(=O)NS(=O)(=O)c1cccc(Cl)c1F. The van der Waals surface area contributed by atoms with Crippen LogP contribution in [0.2, 0.25) is 5.02 Å². The predicted molar refractivity (Wildman–Crippen MR) is 69.2 cm³/mol. The summed E-state index contributed by atoms with van der Waals surface area (Å²) in [5, 5.41) is 11.2. The Morgan fingerprint density at radius 3 is 2.71 bits per heavy atom. The van der Waals surface area contributed by atoms with E-state index in [2.05, 4.69) is 5.32 Å². The summed E-state index contributed by atoms with van der Waals surface area (Å²) in [5.74, 6) is -4.82. The fraction of sp³-hybridized carbons (Fsp3) is 0.273. The van der Waals surface area contributed by atoms with Crippen LogP contribution in [0.15, 0.2) is 23.1 Å². The van der Waals surface area contributed by atoms with Crippen molar-refractivity contribution in [2.75, 3.05) is 6.54 Å². The molecule has 1 aliphatic heterocycles. The number of carbonyl (C=O) groups is 2. The molecule has 114 valence electrons. The van der Waals surface area contributed by atoms with Crippen LogP contribution in [0.5, 0.6) is 0 Å². The standard InChI is InChI=1S/C11H10ClFN2O5S/c12-5-2-1-3-7(9(5)13)21(19,20)15-11(18)8-6(16)4-14-10(8)17/h1-3,6,8,16H,4H2,(H,14,17)(H,15,18). The molecule has 1 aromatic carbocycles. The number of amides is 2. The first-order valence-electron chi connectivity index (χ1n) is 5.70. The molecule has 1 fully saturated rings. The topological polar surface area (TPSA) is 113 Å². The average molecular weight is 337 g/mol. The zero-order valence-electron chi connectivity index (χ0n) is 10.3. The maximum Gasteiger partial charge on any atom is 0.267 e. The van der Waals surface area contributed by atoms with Gasteiger partial charge in [-0.05, 0) is 12.1 Å². The zero-order chi connectivity index (χ0) is 15.8. The molecule has 2 rings (SSSR count). The first-order chi connectivity index (χ1) is 9.74. The number of carbonyl (C=O) groups excluding carboxylic acids is 2. The van der Waals surface area contributed by atoms with Gasteiger partial charge in [0.25, 0.3) is 10.0 Å². The second-order valence-electron chi connectivity index (χ2n) is 4.31. The number of aliphatic hydroxyl groups is 1. The van der Waals surface area contributed by atoms with Gasteiger partial charge in [-0.1, -0.05) is 17.7 Å². The summed E-state index contributed by atoms with van der Waals surface area (Å²) in [5.41, 5.74) is 0. The Bertz CT molecular complexity index is 709. The van der Waals surface area contributed by atoms with Gasteiger partial charge in [0.05, 0.1) is 11.1 Å². The molecule has 1 aliphatic rings. The highest BCUT2D eigenvalue weighted by atomic mass is 35.5. The number of halogens is 2. The number of hydrogen-bond donors (Lipinski definition) is 3. The van der Waals surface area contributed by atoms with Crippen molar-refractivity contribution in [3.05, 3.63) is 29.0 Å². The molecular formula is C11H10ClFN2O5S. The molecule has 0 radical (unpaired) electrons. The summed E-state index contributed by atoms with van der Waals surface area (Å²) >= 11 is 5.47. The van der Waals surface area contributed by atoms with Crippen LogP contribution < -0.4 is 10.0 Å². The molecule has 0 aliphatic carbocycles. The Labute approximate surface area is 124 Å². The van der Waals surface area contributed by atoms with Crippen LogP contribution in [-0.2, 0) is 19.6 Å². The van der Waals surface area contributed by atoms with E-state index in [1.165, 1.54) is 6.07 Å². The van der Waals surface area contributed by atoms with Crippen LogP contribution in [0.1, 0.15) is 0 Å². The molecule has 3 N–H and O–H groups in total. The van der Waals surface area contributed by atoms with Crippen LogP contribution in [0.25, 0.3) is 0 Å². The smallest absolute Gasteiger partial charge is 0.267 e.